The first-order valence-corrected chi connectivity index (χ1v) is 15.5. The van der Waals surface area contributed by atoms with Crippen LogP contribution >= 0.6 is 23.1 Å². The molecule has 1 unspecified atom stereocenters. The normalized spacial score (nSPS) is 16.0. The van der Waals surface area contributed by atoms with Crippen molar-refractivity contribution >= 4 is 45.7 Å². The van der Waals surface area contributed by atoms with E-state index < -0.39 is 29.3 Å². The molecule has 0 radical (unpaired) electrons. The molecule has 220 valence electrons. The fraction of sp³-hybridized carbons (Fsp3) is 0.118. The van der Waals surface area contributed by atoms with Crippen LogP contribution in [0.3, 0.4) is 0 Å². The number of aliphatic hydroxyl groups is 1. The van der Waals surface area contributed by atoms with Gasteiger partial charge in [-0.25, -0.2) is 4.39 Å². The summed E-state index contributed by atoms with van der Waals surface area (Å²) in [6, 6.07) is 28.9. The molecule has 1 amide bonds. The van der Waals surface area contributed by atoms with E-state index in [4.69, 9.17) is 4.74 Å². The van der Waals surface area contributed by atoms with Gasteiger partial charge in [0.1, 0.15) is 23.9 Å². The van der Waals surface area contributed by atoms with Crippen LogP contribution in [0.4, 0.5) is 9.52 Å². The van der Waals surface area contributed by atoms with Crippen LogP contribution in [0, 0.1) is 12.7 Å². The Kier molecular flexibility index (Phi) is 8.53. The maximum absolute atomic E-state index is 13.7. The zero-order valence-corrected chi connectivity index (χ0v) is 25.1. The number of aromatic nitrogens is 2. The number of Topliss-reactive ketones (excluding diaryl/α,β-unsaturated/α-hetero) is 1. The van der Waals surface area contributed by atoms with E-state index in [2.05, 4.69) is 10.2 Å². The second-order valence-corrected chi connectivity index (χ2v) is 12.3. The zero-order valence-electron chi connectivity index (χ0n) is 23.5. The molecule has 1 aliphatic heterocycles. The van der Waals surface area contributed by atoms with Crippen molar-refractivity contribution in [1.29, 1.82) is 0 Å². The summed E-state index contributed by atoms with van der Waals surface area (Å²) in [5.74, 6) is -1.46. The lowest BCUT2D eigenvalue weighted by molar-refractivity contribution is -0.132. The third-order valence-corrected chi connectivity index (χ3v) is 9.20. The number of ether oxygens (including phenoxy) is 1. The summed E-state index contributed by atoms with van der Waals surface area (Å²) >= 11 is 2.66. The zero-order chi connectivity index (χ0) is 30.6. The van der Waals surface area contributed by atoms with E-state index in [1.165, 1.54) is 57.8 Å². The van der Waals surface area contributed by atoms with Crippen LogP contribution in [0.1, 0.15) is 33.9 Å². The first-order valence-electron chi connectivity index (χ1n) is 13.7. The van der Waals surface area contributed by atoms with Crippen molar-refractivity contribution in [2.75, 3.05) is 4.90 Å². The molecule has 10 heteroatoms. The first-order chi connectivity index (χ1) is 21.4. The van der Waals surface area contributed by atoms with E-state index in [9.17, 15) is 19.1 Å². The number of aliphatic hydroxyl groups excluding tert-OH is 1. The predicted octanol–water partition coefficient (Wildman–Crippen LogP) is 7.48. The molecule has 1 atom stereocenters. The minimum atomic E-state index is -1.02. The summed E-state index contributed by atoms with van der Waals surface area (Å²) in [6.45, 7) is 2.35. The van der Waals surface area contributed by atoms with Gasteiger partial charge >= 0.3 is 5.91 Å². The number of hydrogen-bond donors (Lipinski definition) is 1. The number of nitrogens with zero attached hydrogens (tertiary/aromatic N) is 3. The Labute approximate surface area is 261 Å². The lowest BCUT2D eigenvalue weighted by atomic mass is 9.95. The van der Waals surface area contributed by atoms with Crippen LogP contribution < -0.4 is 9.64 Å². The van der Waals surface area contributed by atoms with Gasteiger partial charge in [0.25, 0.3) is 5.78 Å². The molecule has 1 fully saturated rings. The van der Waals surface area contributed by atoms with Gasteiger partial charge in [-0.05, 0) is 60.0 Å². The molecule has 6 rings (SSSR count). The third kappa shape index (κ3) is 6.27. The summed E-state index contributed by atoms with van der Waals surface area (Å²) in [7, 11) is 0. The van der Waals surface area contributed by atoms with Crippen molar-refractivity contribution in [3.8, 4) is 5.75 Å². The van der Waals surface area contributed by atoms with Crippen molar-refractivity contribution in [3.05, 3.63) is 142 Å². The van der Waals surface area contributed by atoms with Gasteiger partial charge in [-0.2, -0.15) is 0 Å². The van der Waals surface area contributed by atoms with Gasteiger partial charge in [0.15, 0.2) is 4.34 Å². The van der Waals surface area contributed by atoms with Gasteiger partial charge in [0.2, 0.25) is 5.13 Å². The maximum atomic E-state index is 13.7. The number of hydrogen-bond acceptors (Lipinski definition) is 8. The topological polar surface area (TPSA) is 92.6 Å². The Balaban J connectivity index is 1.36. The number of carbonyl (C=O) groups is 2. The highest BCUT2D eigenvalue weighted by atomic mass is 32.2. The van der Waals surface area contributed by atoms with Crippen LogP contribution in [0.25, 0.3) is 5.76 Å². The highest BCUT2D eigenvalue weighted by Gasteiger charge is 2.48. The first kappa shape index (κ1) is 29.3. The van der Waals surface area contributed by atoms with Crippen molar-refractivity contribution in [3.63, 3.8) is 0 Å². The van der Waals surface area contributed by atoms with Crippen LogP contribution in [0.15, 0.2) is 113 Å². The Hall–Kier alpha value is -4.80. The summed E-state index contributed by atoms with van der Waals surface area (Å²) in [4.78, 5) is 28.4. The summed E-state index contributed by atoms with van der Waals surface area (Å²) in [5, 5.41) is 20.1. The average Bonchev–Trinajstić information content (AvgIpc) is 3.62. The molecule has 0 spiro atoms. The van der Waals surface area contributed by atoms with Crippen molar-refractivity contribution in [2.45, 2.75) is 29.7 Å². The Morgan fingerprint density at radius 1 is 0.932 bits per heavy atom. The molecule has 2 heterocycles. The van der Waals surface area contributed by atoms with Gasteiger partial charge in [-0.1, -0.05) is 95.4 Å². The largest absolute Gasteiger partial charge is 0.507 e. The van der Waals surface area contributed by atoms with E-state index in [-0.39, 0.29) is 16.3 Å². The van der Waals surface area contributed by atoms with Crippen molar-refractivity contribution < 1.29 is 23.8 Å². The standard InChI is InChI=1S/C34H26FN3O4S2/c1-21-10-12-23(13-11-21)20-43-34-37-36-33(44-34)38-29(25-8-5-9-27(18-25)42-19-22-6-3-2-4-7-22)28(31(40)32(38)41)30(39)24-14-16-26(35)17-15-24/h2-18,29,39H,19-20H2,1H3. The molecule has 1 aromatic heterocycles. The molecular formula is C34H26FN3O4S2. The number of rotatable bonds is 9. The second kappa shape index (κ2) is 12.8. The molecule has 0 aliphatic carbocycles. The molecule has 0 bridgehead atoms. The Morgan fingerprint density at radius 3 is 2.43 bits per heavy atom. The molecular weight excluding hydrogens is 598 g/mol. The number of halogens is 1. The lowest BCUT2D eigenvalue weighted by Gasteiger charge is -2.23. The number of amides is 1. The maximum Gasteiger partial charge on any atom is 0.301 e. The number of anilines is 1. The quantitative estimate of drug-likeness (QED) is 0.0598. The Morgan fingerprint density at radius 2 is 1.68 bits per heavy atom. The van der Waals surface area contributed by atoms with E-state index in [1.807, 2.05) is 61.5 Å². The number of aryl methyl sites for hydroxylation is 1. The molecule has 5 aromatic rings. The summed E-state index contributed by atoms with van der Waals surface area (Å²) < 4.78 is 20.3. The van der Waals surface area contributed by atoms with Gasteiger partial charge in [-0.3, -0.25) is 14.5 Å². The van der Waals surface area contributed by atoms with Crippen molar-refractivity contribution in [2.24, 2.45) is 0 Å². The molecule has 1 saturated heterocycles. The monoisotopic (exact) mass is 623 g/mol. The van der Waals surface area contributed by atoms with Crippen LogP contribution in [0.2, 0.25) is 0 Å². The number of carbonyl (C=O) groups excluding carboxylic acids is 2. The smallest absolute Gasteiger partial charge is 0.301 e. The van der Waals surface area contributed by atoms with Crippen molar-refractivity contribution in [1.82, 2.24) is 10.2 Å². The predicted molar refractivity (Wildman–Crippen MR) is 169 cm³/mol. The lowest BCUT2D eigenvalue weighted by Crippen LogP contribution is -2.29. The SMILES string of the molecule is Cc1ccc(CSc2nnc(N3C(=O)C(=O)C(=C(O)c4ccc(F)cc4)C3c3cccc(OCc4ccccc4)c3)s2)cc1. The van der Waals surface area contributed by atoms with Gasteiger partial charge < -0.3 is 9.84 Å². The van der Waals surface area contributed by atoms with E-state index in [0.29, 0.717) is 28.0 Å². The number of benzene rings is 4. The third-order valence-electron chi connectivity index (χ3n) is 7.07. The summed E-state index contributed by atoms with van der Waals surface area (Å²) in [6.07, 6.45) is 0. The van der Waals surface area contributed by atoms with Gasteiger partial charge in [0.05, 0.1) is 11.6 Å². The highest BCUT2D eigenvalue weighted by Crippen LogP contribution is 2.44. The van der Waals surface area contributed by atoms with Crippen LogP contribution in [-0.4, -0.2) is 27.0 Å². The van der Waals surface area contributed by atoms with Crippen LogP contribution in [-0.2, 0) is 21.9 Å². The molecule has 1 aliphatic rings. The second-order valence-electron chi connectivity index (χ2n) is 10.1. The fourth-order valence-corrected chi connectivity index (χ4v) is 6.63. The minimum absolute atomic E-state index is 0.133. The molecule has 7 nitrogen and oxygen atoms in total. The molecule has 44 heavy (non-hydrogen) atoms. The van der Waals surface area contributed by atoms with Crippen LogP contribution in [0.5, 0.6) is 5.75 Å². The number of thioether (sulfide) groups is 1. The molecule has 4 aromatic carbocycles. The molecule has 1 N–H and O–H groups in total. The van der Waals surface area contributed by atoms with E-state index >= 15 is 0 Å². The van der Waals surface area contributed by atoms with Gasteiger partial charge in [-0.15, -0.1) is 10.2 Å². The minimum Gasteiger partial charge on any atom is -0.507 e. The van der Waals surface area contributed by atoms with Gasteiger partial charge in [0, 0.05) is 11.3 Å². The summed E-state index contributed by atoms with van der Waals surface area (Å²) in [5.41, 5.74) is 3.86. The average molecular weight is 624 g/mol. The number of ketones is 1. The van der Waals surface area contributed by atoms with E-state index in [1.54, 1.807) is 24.3 Å². The molecule has 0 saturated carbocycles. The Bertz CT molecular complexity index is 1840. The fourth-order valence-electron chi connectivity index (χ4n) is 4.81. The highest BCUT2D eigenvalue weighted by molar-refractivity contribution is 8.00. The van der Waals surface area contributed by atoms with E-state index in [0.717, 1.165) is 11.1 Å².